The van der Waals surface area contributed by atoms with Crippen LogP contribution >= 0.6 is 0 Å². The fourth-order valence-electron chi connectivity index (χ4n) is 1.85. The Kier molecular flexibility index (Phi) is 3.63. The molecule has 18 heavy (non-hydrogen) atoms. The zero-order valence-electron chi connectivity index (χ0n) is 10.4. The normalized spacial score (nSPS) is 9.89. The SMILES string of the molecule is COc1ccccc1C(=N)c1ccccc1OC. The number of benzene rings is 2. The Morgan fingerprint density at radius 3 is 1.56 bits per heavy atom. The van der Waals surface area contributed by atoms with Gasteiger partial charge < -0.3 is 9.47 Å². The Balaban J connectivity index is 2.48. The van der Waals surface area contributed by atoms with Crippen LogP contribution in [-0.2, 0) is 0 Å². The number of para-hydroxylation sites is 2. The third kappa shape index (κ3) is 2.20. The predicted octanol–water partition coefficient (Wildman–Crippen LogP) is 3.12. The van der Waals surface area contributed by atoms with Crippen molar-refractivity contribution in [2.24, 2.45) is 0 Å². The van der Waals surface area contributed by atoms with E-state index in [1.54, 1.807) is 14.2 Å². The molecule has 0 aliphatic rings. The van der Waals surface area contributed by atoms with Gasteiger partial charge in [0.1, 0.15) is 11.5 Å². The smallest absolute Gasteiger partial charge is 0.128 e. The van der Waals surface area contributed by atoms with Gasteiger partial charge in [0.2, 0.25) is 0 Å². The summed E-state index contributed by atoms with van der Waals surface area (Å²) in [7, 11) is 3.21. The summed E-state index contributed by atoms with van der Waals surface area (Å²) in [6.45, 7) is 0. The predicted molar refractivity (Wildman–Crippen MR) is 71.9 cm³/mol. The minimum absolute atomic E-state index is 0.393. The molecule has 2 rings (SSSR count). The van der Waals surface area contributed by atoms with Crippen LogP contribution in [0.2, 0.25) is 0 Å². The number of ether oxygens (including phenoxy) is 2. The molecule has 0 aliphatic carbocycles. The maximum Gasteiger partial charge on any atom is 0.128 e. The van der Waals surface area contributed by atoms with Gasteiger partial charge in [-0.3, -0.25) is 5.41 Å². The molecule has 3 heteroatoms. The first kappa shape index (κ1) is 12.2. The largest absolute Gasteiger partial charge is 0.496 e. The van der Waals surface area contributed by atoms with E-state index < -0.39 is 0 Å². The summed E-state index contributed by atoms with van der Waals surface area (Å²) in [5.74, 6) is 1.38. The van der Waals surface area contributed by atoms with Crippen LogP contribution in [0.5, 0.6) is 11.5 Å². The van der Waals surface area contributed by atoms with Gasteiger partial charge in [-0.1, -0.05) is 24.3 Å². The van der Waals surface area contributed by atoms with Crippen LogP contribution in [0.1, 0.15) is 11.1 Å². The van der Waals surface area contributed by atoms with Crippen LogP contribution in [0.4, 0.5) is 0 Å². The summed E-state index contributed by atoms with van der Waals surface area (Å²) in [6.07, 6.45) is 0. The van der Waals surface area contributed by atoms with Crippen LogP contribution < -0.4 is 9.47 Å². The van der Waals surface area contributed by atoms with Crippen LogP contribution in [-0.4, -0.2) is 19.9 Å². The summed E-state index contributed by atoms with van der Waals surface area (Å²) in [5, 5.41) is 8.30. The Labute approximate surface area is 106 Å². The Hall–Kier alpha value is -2.29. The molecule has 3 nitrogen and oxygen atoms in total. The summed E-state index contributed by atoms with van der Waals surface area (Å²) in [5.41, 5.74) is 1.90. The van der Waals surface area contributed by atoms with Gasteiger partial charge in [-0.25, -0.2) is 0 Å². The molecule has 0 aliphatic heterocycles. The third-order valence-electron chi connectivity index (χ3n) is 2.75. The average Bonchev–Trinajstić information content (AvgIpc) is 2.46. The molecule has 92 valence electrons. The lowest BCUT2D eigenvalue weighted by Crippen LogP contribution is -2.05. The lowest BCUT2D eigenvalue weighted by molar-refractivity contribution is 0.412. The highest BCUT2D eigenvalue weighted by Gasteiger charge is 2.13. The zero-order valence-corrected chi connectivity index (χ0v) is 10.4. The molecule has 0 unspecified atom stereocenters. The van der Waals surface area contributed by atoms with Crippen LogP contribution in [0, 0.1) is 5.41 Å². The molecule has 1 N–H and O–H groups in total. The quantitative estimate of drug-likeness (QED) is 0.836. The second kappa shape index (κ2) is 5.36. The van der Waals surface area contributed by atoms with Gasteiger partial charge in [0.05, 0.1) is 19.9 Å². The molecule has 2 aromatic rings. The highest BCUT2D eigenvalue weighted by atomic mass is 16.5. The molecule has 0 saturated carbocycles. The Morgan fingerprint density at radius 1 is 0.778 bits per heavy atom. The number of hydrogen-bond donors (Lipinski definition) is 1. The summed E-state index contributed by atoms with van der Waals surface area (Å²) in [4.78, 5) is 0. The minimum atomic E-state index is 0.393. The van der Waals surface area contributed by atoms with E-state index in [1.165, 1.54) is 0 Å². The number of nitrogens with one attached hydrogen (secondary N) is 1. The summed E-state index contributed by atoms with van der Waals surface area (Å²) >= 11 is 0. The highest BCUT2D eigenvalue weighted by Crippen LogP contribution is 2.25. The van der Waals surface area contributed by atoms with Crippen molar-refractivity contribution in [3.63, 3.8) is 0 Å². The van der Waals surface area contributed by atoms with Gasteiger partial charge in [0.25, 0.3) is 0 Å². The second-order valence-electron chi connectivity index (χ2n) is 3.78. The van der Waals surface area contributed by atoms with E-state index >= 15 is 0 Å². The first-order chi connectivity index (χ1) is 8.77. The molecule has 2 aromatic carbocycles. The first-order valence-electron chi connectivity index (χ1n) is 5.63. The van der Waals surface area contributed by atoms with E-state index in [9.17, 15) is 0 Å². The zero-order chi connectivity index (χ0) is 13.0. The van der Waals surface area contributed by atoms with E-state index in [4.69, 9.17) is 14.9 Å². The van der Waals surface area contributed by atoms with Crippen molar-refractivity contribution < 1.29 is 9.47 Å². The number of hydrogen-bond acceptors (Lipinski definition) is 3. The number of rotatable bonds is 4. The fraction of sp³-hybridized carbons (Fsp3) is 0.133. The van der Waals surface area contributed by atoms with Crippen molar-refractivity contribution in [3.05, 3.63) is 59.7 Å². The molecule has 0 amide bonds. The molecule has 0 bridgehead atoms. The van der Waals surface area contributed by atoms with E-state index in [0.29, 0.717) is 17.2 Å². The van der Waals surface area contributed by atoms with Gasteiger partial charge in [-0.15, -0.1) is 0 Å². The van der Waals surface area contributed by atoms with E-state index in [2.05, 4.69) is 0 Å². The van der Waals surface area contributed by atoms with Gasteiger partial charge in [-0.2, -0.15) is 0 Å². The molecule has 0 atom stereocenters. The molecule has 0 saturated heterocycles. The molecule has 0 radical (unpaired) electrons. The molecular formula is C15H15NO2. The minimum Gasteiger partial charge on any atom is -0.496 e. The first-order valence-corrected chi connectivity index (χ1v) is 5.63. The molecule has 0 heterocycles. The maximum atomic E-state index is 8.30. The van der Waals surface area contributed by atoms with Crippen LogP contribution in [0.15, 0.2) is 48.5 Å². The van der Waals surface area contributed by atoms with Crippen molar-refractivity contribution in [2.75, 3.05) is 14.2 Å². The number of methoxy groups -OCH3 is 2. The van der Waals surface area contributed by atoms with Crippen molar-refractivity contribution in [1.82, 2.24) is 0 Å². The second-order valence-corrected chi connectivity index (χ2v) is 3.78. The van der Waals surface area contributed by atoms with Gasteiger partial charge in [-0.05, 0) is 24.3 Å². The summed E-state index contributed by atoms with van der Waals surface area (Å²) in [6, 6.07) is 15.0. The van der Waals surface area contributed by atoms with Crippen molar-refractivity contribution >= 4 is 5.71 Å². The Morgan fingerprint density at radius 2 is 1.17 bits per heavy atom. The maximum absolute atomic E-state index is 8.30. The molecule has 0 fully saturated rings. The van der Waals surface area contributed by atoms with Crippen molar-refractivity contribution in [1.29, 1.82) is 5.41 Å². The Bertz CT molecular complexity index is 514. The van der Waals surface area contributed by atoms with Gasteiger partial charge in [0, 0.05) is 11.1 Å². The highest BCUT2D eigenvalue weighted by molar-refractivity contribution is 6.14. The van der Waals surface area contributed by atoms with E-state index in [0.717, 1.165) is 11.1 Å². The monoisotopic (exact) mass is 241 g/mol. The lowest BCUT2D eigenvalue weighted by atomic mass is 10.0. The van der Waals surface area contributed by atoms with Crippen LogP contribution in [0.3, 0.4) is 0 Å². The van der Waals surface area contributed by atoms with Gasteiger partial charge >= 0.3 is 0 Å². The third-order valence-corrected chi connectivity index (χ3v) is 2.75. The molecular weight excluding hydrogens is 226 g/mol. The fourth-order valence-corrected chi connectivity index (χ4v) is 1.85. The summed E-state index contributed by atoms with van der Waals surface area (Å²) < 4.78 is 10.6. The van der Waals surface area contributed by atoms with Gasteiger partial charge in [0.15, 0.2) is 0 Å². The van der Waals surface area contributed by atoms with E-state index in [1.807, 2.05) is 48.5 Å². The standard InChI is InChI=1S/C15H15NO2/c1-17-13-9-5-3-7-11(13)15(16)12-8-4-6-10-14(12)18-2/h3-10,16H,1-2H3. The van der Waals surface area contributed by atoms with Crippen molar-refractivity contribution in [3.8, 4) is 11.5 Å². The topological polar surface area (TPSA) is 42.3 Å². The van der Waals surface area contributed by atoms with Crippen LogP contribution in [0.25, 0.3) is 0 Å². The lowest BCUT2D eigenvalue weighted by Gasteiger charge is -2.12. The average molecular weight is 241 g/mol. The molecule has 0 spiro atoms. The molecule has 0 aromatic heterocycles. The van der Waals surface area contributed by atoms with Crippen molar-refractivity contribution in [2.45, 2.75) is 0 Å². The van der Waals surface area contributed by atoms with E-state index in [-0.39, 0.29) is 0 Å².